The van der Waals surface area contributed by atoms with E-state index in [1.54, 1.807) is 42.5 Å². The number of aromatic nitrogens is 1. The third kappa shape index (κ3) is 5.63. The van der Waals surface area contributed by atoms with E-state index in [-0.39, 0.29) is 16.5 Å². The number of ether oxygens (including phenoxy) is 1. The molecule has 3 aromatic rings. The Morgan fingerprint density at radius 1 is 1.07 bits per heavy atom. The van der Waals surface area contributed by atoms with Crippen LogP contribution in [-0.2, 0) is 0 Å². The van der Waals surface area contributed by atoms with Gasteiger partial charge in [0.15, 0.2) is 0 Å². The summed E-state index contributed by atoms with van der Waals surface area (Å²) in [5.41, 5.74) is 4.58. The van der Waals surface area contributed by atoms with Gasteiger partial charge < -0.3 is 4.74 Å². The molecule has 1 heterocycles. The van der Waals surface area contributed by atoms with Gasteiger partial charge in [0.25, 0.3) is 5.91 Å². The lowest BCUT2D eigenvalue weighted by Gasteiger charge is -2.06. The fourth-order valence-electron chi connectivity index (χ4n) is 2.27. The smallest absolute Gasteiger partial charge is 0.345 e. The van der Waals surface area contributed by atoms with Gasteiger partial charge in [-0.1, -0.05) is 23.2 Å². The predicted octanol–water partition coefficient (Wildman–Crippen LogP) is 4.68. The van der Waals surface area contributed by atoms with Crippen molar-refractivity contribution >= 4 is 41.3 Å². The zero-order chi connectivity index (χ0) is 20.8. The van der Waals surface area contributed by atoms with Crippen LogP contribution in [0.4, 0.5) is 0 Å². The first-order chi connectivity index (χ1) is 13.9. The molecule has 0 spiro atoms. The summed E-state index contributed by atoms with van der Waals surface area (Å²) in [6.07, 6.45) is 2.96. The standard InChI is InChI=1S/C21H15Cl2N3O3/c1-13-2-5-15(12-24-13)20(27)26-25-11-14-3-7-17(8-4-14)29-21(28)18-9-6-16(22)10-19(18)23/h2-12H,1H3,(H,26,27)/b25-11-. The number of halogens is 2. The molecule has 0 fully saturated rings. The Labute approximate surface area is 177 Å². The largest absolute Gasteiger partial charge is 0.423 e. The summed E-state index contributed by atoms with van der Waals surface area (Å²) in [5.74, 6) is -0.612. The summed E-state index contributed by atoms with van der Waals surface area (Å²) in [5, 5.41) is 4.55. The highest BCUT2D eigenvalue weighted by atomic mass is 35.5. The second-order valence-electron chi connectivity index (χ2n) is 5.97. The van der Waals surface area contributed by atoms with Crippen molar-refractivity contribution in [3.63, 3.8) is 0 Å². The highest BCUT2D eigenvalue weighted by Crippen LogP contribution is 2.22. The van der Waals surface area contributed by atoms with E-state index in [9.17, 15) is 9.59 Å². The quantitative estimate of drug-likeness (QED) is 0.277. The lowest BCUT2D eigenvalue weighted by molar-refractivity contribution is 0.0734. The number of nitrogens with one attached hydrogen (secondary N) is 1. The summed E-state index contributed by atoms with van der Waals surface area (Å²) in [6, 6.07) is 14.5. The lowest BCUT2D eigenvalue weighted by atomic mass is 10.2. The Morgan fingerprint density at radius 3 is 2.48 bits per heavy atom. The van der Waals surface area contributed by atoms with Crippen LogP contribution in [0.25, 0.3) is 0 Å². The van der Waals surface area contributed by atoms with Crippen LogP contribution in [0.2, 0.25) is 10.0 Å². The van der Waals surface area contributed by atoms with Crippen LogP contribution in [0.1, 0.15) is 32.0 Å². The molecule has 3 rings (SSSR count). The average molecular weight is 428 g/mol. The number of nitrogens with zero attached hydrogens (tertiary/aromatic N) is 2. The topological polar surface area (TPSA) is 80.6 Å². The van der Waals surface area contributed by atoms with Crippen LogP contribution in [0.15, 0.2) is 65.9 Å². The molecule has 0 unspecified atom stereocenters. The molecule has 0 aliphatic carbocycles. The number of carbonyl (C=O) groups is 2. The van der Waals surface area contributed by atoms with Crippen LogP contribution >= 0.6 is 23.2 Å². The number of amides is 1. The molecule has 0 bridgehead atoms. The first-order valence-corrected chi connectivity index (χ1v) is 9.21. The van der Waals surface area contributed by atoms with Crippen LogP contribution in [-0.4, -0.2) is 23.1 Å². The minimum atomic E-state index is -0.591. The third-order valence-electron chi connectivity index (χ3n) is 3.79. The molecular formula is C21H15Cl2N3O3. The number of rotatable bonds is 5. The fraction of sp³-hybridized carbons (Fsp3) is 0.0476. The van der Waals surface area contributed by atoms with Crippen molar-refractivity contribution in [2.45, 2.75) is 6.92 Å². The first-order valence-electron chi connectivity index (χ1n) is 8.46. The molecule has 8 heteroatoms. The highest BCUT2D eigenvalue weighted by Gasteiger charge is 2.13. The number of benzene rings is 2. The molecule has 0 aliphatic heterocycles. The van der Waals surface area contributed by atoms with Gasteiger partial charge >= 0.3 is 5.97 Å². The summed E-state index contributed by atoms with van der Waals surface area (Å²) in [6.45, 7) is 1.84. The monoisotopic (exact) mass is 427 g/mol. The van der Waals surface area contributed by atoms with Crippen molar-refractivity contribution in [3.05, 3.63) is 93.2 Å². The molecule has 0 atom stereocenters. The SMILES string of the molecule is Cc1ccc(C(=O)N/N=C\c2ccc(OC(=O)c3ccc(Cl)cc3Cl)cc2)cn1. The van der Waals surface area contributed by atoms with Crippen molar-refractivity contribution in [2.24, 2.45) is 5.10 Å². The van der Waals surface area contributed by atoms with E-state index in [0.717, 1.165) is 5.69 Å². The second kappa shape index (κ2) is 9.32. The Morgan fingerprint density at radius 2 is 1.83 bits per heavy atom. The molecule has 0 saturated carbocycles. The Hall–Kier alpha value is -3.22. The third-order valence-corrected chi connectivity index (χ3v) is 4.34. The van der Waals surface area contributed by atoms with Gasteiger partial charge in [-0.3, -0.25) is 9.78 Å². The summed E-state index contributed by atoms with van der Waals surface area (Å²) >= 11 is 11.8. The van der Waals surface area contributed by atoms with Crippen molar-refractivity contribution < 1.29 is 14.3 Å². The van der Waals surface area contributed by atoms with Crippen LogP contribution < -0.4 is 10.2 Å². The molecule has 6 nitrogen and oxygen atoms in total. The van der Waals surface area contributed by atoms with Gasteiger partial charge in [-0.25, -0.2) is 10.2 Å². The van der Waals surface area contributed by atoms with Crippen molar-refractivity contribution in [1.29, 1.82) is 0 Å². The summed E-state index contributed by atoms with van der Waals surface area (Å²) < 4.78 is 5.30. The molecule has 0 aliphatic rings. The molecule has 2 aromatic carbocycles. The van der Waals surface area contributed by atoms with E-state index >= 15 is 0 Å². The van der Waals surface area contributed by atoms with Gasteiger partial charge in [-0.05, 0) is 67.1 Å². The van der Waals surface area contributed by atoms with E-state index in [4.69, 9.17) is 27.9 Å². The van der Waals surface area contributed by atoms with Crippen LogP contribution in [0.5, 0.6) is 5.75 Å². The van der Waals surface area contributed by atoms with Gasteiger partial charge in [-0.15, -0.1) is 0 Å². The van der Waals surface area contributed by atoms with Crippen molar-refractivity contribution in [3.8, 4) is 5.75 Å². The molecule has 1 aromatic heterocycles. The van der Waals surface area contributed by atoms with Gasteiger partial charge in [0.05, 0.1) is 22.4 Å². The zero-order valence-electron chi connectivity index (χ0n) is 15.2. The summed E-state index contributed by atoms with van der Waals surface area (Å²) in [7, 11) is 0. The number of carbonyl (C=O) groups excluding carboxylic acids is 2. The van der Waals surface area contributed by atoms with Crippen molar-refractivity contribution in [2.75, 3.05) is 0 Å². The van der Waals surface area contributed by atoms with Crippen molar-refractivity contribution in [1.82, 2.24) is 10.4 Å². The average Bonchev–Trinajstić information content (AvgIpc) is 2.69. The minimum Gasteiger partial charge on any atom is -0.423 e. The molecular weight excluding hydrogens is 413 g/mol. The first kappa shape index (κ1) is 20.5. The molecule has 146 valence electrons. The maximum atomic E-state index is 12.2. The minimum absolute atomic E-state index is 0.214. The predicted molar refractivity (Wildman–Crippen MR) is 112 cm³/mol. The number of hydrogen-bond acceptors (Lipinski definition) is 5. The Bertz CT molecular complexity index is 1070. The number of hydrogen-bond donors (Lipinski definition) is 1. The van der Waals surface area contributed by atoms with E-state index in [2.05, 4.69) is 15.5 Å². The molecule has 0 saturated heterocycles. The Kier molecular flexibility index (Phi) is 6.59. The molecule has 29 heavy (non-hydrogen) atoms. The number of pyridine rings is 1. The Balaban J connectivity index is 1.58. The summed E-state index contributed by atoms with van der Waals surface area (Å²) in [4.78, 5) is 28.2. The fourth-order valence-corrected chi connectivity index (χ4v) is 2.76. The molecule has 1 amide bonds. The number of esters is 1. The normalized spacial score (nSPS) is 10.7. The van der Waals surface area contributed by atoms with Crippen LogP contribution in [0.3, 0.4) is 0 Å². The second-order valence-corrected chi connectivity index (χ2v) is 6.81. The zero-order valence-corrected chi connectivity index (χ0v) is 16.7. The van der Waals surface area contributed by atoms with E-state index < -0.39 is 5.97 Å². The van der Waals surface area contributed by atoms with Gasteiger partial charge in [-0.2, -0.15) is 5.10 Å². The highest BCUT2D eigenvalue weighted by molar-refractivity contribution is 6.36. The number of hydrazone groups is 1. The van der Waals surface area contributed by atoms with E-state index in [0.29, 0.717) is 21.9 Å². The van der Waals surface area contributed by atoms with Gasteiger partial charge in [0, 0.05) is 16.9 Å². The maximum absolute atomic E-state index is 12.2. The molecule has 1 N–H and O–H groups in total. The van der Waals surface area contributed by atoms with E-state index in [1.807, 2.05) is 6.92 Å². The van der Waals surface area contributed by atoms with Gasteiger partial charge in [0.1, 0.15) is 5.75 Å². The van der Waals surface area contributed by atoms with Gasteiger partial charge in [0.2, 0.25) is 0 Å². The maximum Gasteiger partial charge on any atom is 0.345 e. The molecule has 0 radical (unpaired) electrons. The van der Waals surface area contributed by atoms with Crippen LogP contribution in [0, 0.1) is 6.92 Å². The lowest BCUT2D eigenvalue weighted by Crippen LogP contribution is -2.17. The van der Waals surface area contributed by atoms with E-state index in [1.165, 1.54) is 24.5 Å². The number of aryl methyl sites for hydroxylation is 1.